The van der Waals surface area contributed by atoms with Crippen molar-refractivity contribution in [3.63, 3.8) is 0 Å². The number of hydrogen-bond acceptors (Lipinski definition) is 4. The van der Waals surface area contributed by atoms with Gasteiger partial charge in [-0.1, -0.05) is 18.4 Å². The van der Waals surface area contributed by atoms with Crippen molar-refractivity contribution in [3.05, 3.63) is 0 Å². The zero-order chi connectivity index (χ0) is 9.72. The molecule has 0 aromatic heterocycles. The fourth-order valence-electron chi connectivity index (χ4n) is 0.831. The van der Waals surface area contributed by atoms with Crippen LogP contribution in [-0.2, 0) is 9.09 Å². The van der Waals surface area contributed by atoms with E-state index in [-0.39, 0.29) is 12.4 Å². The highest BCUT2D eigenvalue weighted by atomic mass is 35.5. The molecular weight excluding hydrogens is 216 g/mol. The second kappa shape index (κ2) is 7.62. The highest BCUT2D eigenvalue weighted by Gasteiger charge is 2.26. The summed E-state index contributed by atoms with van der Waals surface area (Å²) >= 11 is 0. The van der Waals surface area contributed by atoms with E-state index in [2.05, 4.69) is 4.52 Å². The maximum atomic E-state index is 10.1. The van der Waals surface area contributed by atoms with Crippen molar-refractivity contribution in [2.24, 2.45) is 11.7 Å². The second-order valence-electron chi connectivity index (χ2n) is 3.03. The van der Waals surface area contributed by atoms with E-state index < -0.39 is 20.6 Å². The number of aliphatic hydroxyl groups excluding tert-OH is 1. The van der Waals surface area contributed by atoms with Crippen molar-refractivity contribution in [2.75, 3.05) is 0 Å². The van der Waals surface area contributed by atoms with E-state index in [4.69, 9.17) is 15.7 Å². The maximum absolute atomic E-state index is 10.1. The molecule has 0 aliphatic heterocycles. The third-order valence-corrected chi connectivity index (χ3v) is 1.70. The molecule has 0 saturated heterocycles. The van der Waals surface area contributed by atoms with Crippen molar-refractivity contribution in [2.45, 2.75) is 32.6 Å². The predicted molar refractivity (Wildman–Crippen MR) is 51.6 cm³/mol. The third kappa shape index (κ3) is 8.56. The van der Waals surface area contributed by atoms with Crippen LogP contribution < -0.4 is 5.73 Å². The molecule has 5 nitrogen and oxygen atoms in total. The Morgan fingerprint density at radius 3 is 2.31 bits per heavy atom. The number of nitrogens with two attached hydrogens (primary N) is 1. The lowest BCUT2D eigenvalue weighted by molar-refractivity contribution is -0.0414. The van der Waals surface area contributed by atoms with Crippen LogP contribution in [0.2, 0.25) is 0 Å². The molecule has 0 saturated carbocycles. The lowest BCUT2D eigenvalue weighted by Gasteiger charge is -2.14. The van der Waals surface area contributed by atoms with Crippen LogP contribution in [0.3, 0.4) is 0 Å². The summed E-state index contributed by atoms with van der Waals surface area (Å²) in [6.45, 7) is 3.87. The van der Waals surface area contributed by atoms with Crippen LogP contribution in [0.1, 0.15) is 20.3 Å². The van der Waals surface area contributed by atoms with Crippen molar-refractivity contribution < 1.29 is 19.1 Å². The first-order chi connectivity index (χ1) is 5.43. The molecule has 0 aliphatic carbocycles. The lowest BCUT2D eigenvalue weighted by Crippen LogP contribution is -2.36. The highest BCUT2D eigenvalue weighted by molar-refractivity contribution is 7.32. The van der Waals surface area contributed by atoms with Gasteiger partial charge >= 0.3 is 8.25 Å². The summed E-state index contributed by atoms with van der Waals surface area (Å²) in [5.41, 5.74) is 5.45. The second-order valence-corrected chi connectivity index (χ2v) is 3.71. The molecule has 0 spiro atoms. The Hall–Kier alpha value is 0.230. The van der Waals surface area contributed by atoms with Crippen molar-refractivity contribution in [1.82, 2.24) is 0 Å². The average molecular weight is 233 g/mol. The summed E-state index contributed by atoms with van der Waals surface area (Å²) < 4.78 is 14.3. The van der Waals surface area contributed by atoms with Gasteiger partial charge in [0.25, 0.3) is 0 Å². The standard InChI is InChI=1S/C6H14NO4P.ClH/c1-4(2)3-5(7)6(8)11-12(9)10;/h4-6,8H,3,7H2,1-2H3;1H/p+1. The largest absolute Gasteiger partial charge is 0.697 e. The minimum atomic E-state index is -2.78. The smallest absolute Gasteiger partial charge is 0.363 e. The van der Waals surface area contributed by atoms with Gasteiger partial charge in [-0.2, -0.15) is 0 Å². The van der Waals surface area contributed by atoms with Gasteiger partial charge in [-0.25, -0.2) is 0 Å². The number of halogens is 1. The topological polar surface area (TPSA) is 92.8 Å². The van der Waals surface area contributed by atoms with E-state index in [1.54, 1.807) is 0 Å². The Balaban J connectivity index is 0. The van der Waals surface area contributed by atoms with Crippen LogP contribution in [0.5, 0.6) is 0 Å². The highest BCUT2D eigenvalue weighted by Crippen LogP contribution is 2.19. The van der Waals surface area contributed by atoms with E-state index in [1.807, 2.05) is 13.8 Å². The van der Waals surface area contributed by atoms with E-state index in [0.717, 1.165) is 0 Å². The van der Waals surface area contributed by atoms with Gasteiger partial charge < -0.3 is 10.8 Å². The summed E-state index contributed by atoms with van der Waals surface area (Å²) in [5, 5.41) is 9.05. The molecule has 0 aliphatic rings. The molecule has 0 aromatic carbocycles. The van der Waals surface area contributed by atoms with E-state index in [9.17, 15) is 4.57 Å². The first-order valence-electron chi connectivity index (χ1n) is 3.70. The van der Waals surface area contributed by atoms with Crippen molar-refractivity contribution in [3.8, 4) is 0 Å². The van der Waals surface area contributed by atoms with E-state index in [1.165, 1.54) is 0 Å². The molecule has 80 valence electrons. The molecular formula is C6H16ClNO4P+. The molecule has 3 atom stereocenters. The number of aliphatic hydroxyl groups is 1. The normalized spacial score (nSPS) is 16.3. The first-order valence-corrected chi connectivity index (χ1v) is 4.83. The molecule has 0 aromatic rings. The van der Waals surface area contributed by atoms with Crippen molar-refractivity contribution in [1.29, 1.82) is 0 Å². The summed E-state index contributed by atoms with van der Waals surface area (Å²) in [4.78, 5) is 8.28. The molecule has 0 radical (unpaired) electrons. The van der Waals surface area contributed by atoms with Gasteiger partial charge in [0.1, 0.15) is 0 Å². The molecule has 0 fully saturated rings. The van der Waals surface area contributed by atoms with Gasteiger partial charge in [-0.3, -0.25) is 0 Å². The molecule has 0 bridgehead atoms. The quantitative estimate of drug-likeness (QED) is 0.481. The maximum Gasteiger partial charge on any atom is 0.697 e. The van der Waals surface area contributed by atoms with Crippen LogP contribution in [0.4, 0.5) is 0 Å². The van der Waals surface area contributed by atoms with Crippen LogP contribution in [-0.4, -0.2) is 22.3 Å². The van der Waals surface area contributed by atoms with E-state index in [0.29, 0.717) is 12.3 Å². The van der Waals surface area contributed by atoms with Crippen molar-refractivity contribution >= 4 is 20.7 Å². The SMILES string of the molecule is CC(C)CC(N)C(O)O[P+](=O)O.Cl. The average Bonchev–Trinajstić information content (AvgIpc) is 1.84. The Kier molecular flexibility index (Phi) is 9.19. The van der Waals surface area contributed by atoms with Gasteiger partial charge in [0.05, 0.1) is 6.04 Å². The molecule has 0 amide bonds. The van der Waals surface area contributed by atoms with Gasteiger partial charge in [0.15, 0.2) is 0 Å². The molecule has 0 heterocycles. The summed E-state index contributed by atoms with van der Waals surface area (Å²) in [7, 11) is -2.78. The Labute approximate surface area is 84.6 Å². The fourth-order valence-corrected chi connectivity index (χ4v) is 1.17. The Bertz CT molecular complexity index is 158. The van der Waals surface area contributed by atoms with Crippen LogP contribution in [0.25, 0.3) is 0 Å². The van der Waals surface area contributed by atoms with Gasteiger partial charge in [-0.15, -0.1) is 17.3 Å². The Morgan fingerprint density at radius 2 is 2.00 bits per heavy atom. The lowest BCUT2D eigenvalue weighted by atomic mass is 10.0. The Morgan fingerprint density at radius 1 is 1.54 bits per heavy atom. The molecule has 0 rings (SSSR count). The van der Waals surface area contributed by atoms with Gasteiger partial charge in [0.2, 0.25) is 6.29 Å². The molecule has 3 unspecified atom stereocenters. The van der Waals surface area contributed by atoms with Crippen LogP contribution >= 0.6 is 20.7 Å². The van der Waals surface area contributed by atoms with E-state index >= 15 is 0 Å². The molecule has 4 N–H and O–H groups in total. The fraction of sp³-hybridized carbons (Fsp3) is 1.00. The zero-order valence-corrected chi connectivity index (χ0v) is 9.29. The summed E-state index contributed by atoms with van der Waals surface area (Å²) in [6.07, 6.45) is -0.814. The monoisotopic (exact) mass is 232 g/mol. The van der Waals surface area contributed by atoms with Gasteiger partial charge in [0, 0.05) is 4.57 Å². The minimum absolute atomic E-state index is 0. The number of hydrogen-bond donors (Lipinski definition) is 3. The first kappa shape index (κ1) is 15.7. The summed E-state index contributed by atoms with van der Waals surface area (Å²) in [5.74, 6) is 0.315. The molecule has 7 heteroatoms. The van der Waals surface area contributed by atoms with Gasteiger partial charge in [-0.05, 0) is 12.3 Å². The zero-order valence-electron chi connectivity index (χ0n) is 7.58. The minimum Gasteiger partial charge on any atom is -0.363 e. The predicted octanol–water partition coefficient (Wildman–Crippen LogP) is 0.766. The van der Waals surface area contributed by atoms with Crippen LogP contribution in [0.15, 0.2) is 0 Å². The number of rotatable bonds is 5. The van der Waals surface area contributed by atoms with Crippen LogP contribution in [0, 0.1) is 5.92 Å². The summed E-state index contributed by atoms with van der Waals surface area (Å²) in [6, 6.07) is -0.615. The third-order valence-electron chi connectivity index (χ3n) is 1.31. The molecule has 13 heavy (non-hydrogen) atoms.